The van der Waals surface area contributed by atoms with Crippen LogP contribution in [0.25, 0.3) is 0 Å². The molecule has 0 spiro atoms. The summed E-state index contributed by atoms with van der Waals surface area (Å²) in [6.45, 7) is 3.64. The predicted octanol–water partition coefficient (Wildman–Crippen LogP) is 0.984. The van der Waals surface area contributed by atoms with Gasteiger partial charge in [0.15, 0.2) is 0 Å². The van der Waals surface area contributed by atoms with Gasteiger partial charge in [0.25, 0.3) is 0 Å². The van der Waals surface area contributed by atoms with Crippen LogP contribution in [-0.4, -0.2) is 37.5 Å². The van der Waals surface area contributed by atoms with E-state index in [1.54, 1.807) is 4.90 Å². The maximum absolute atomic E-state index is 11.6. The molecule has 0 saturated heterocycles. The van der Waals surface area contributed by atoms with Gasteiger partial charge in [-0.25, -0.2) is 0 Å². The van der Waals surface area contributed by atoms with Crippen molar-refractivity contribution in [3.8, 4) is 0 Å². The van der Waals surface area contributed by atoms with E-state index in [9.17, 15) is 4.79 Å². The van der Waals surface area contributed by atoms with Gasteiger partial charge in [-0.1, -0.05) is 12.1 Å². The number of nitrogens with two attached hydrogens (primary N) is 1. The van der Waals surface area contributed by atoms with Crippen LogP contribution in [0.3, 0.4) is 0 Å². The van der Waals surface area contributed by atoms with Gasteiger partial charge in [0.2, 0.25) is 5.91 Å². The lowest BCUT2D eigenvalue weighted by Crippen LogP contribution is -2.34. The Balaban J connectivity index is 2.14. The molecule has 4 heteroatoms. The maximum Gasteiger partial charge on any atom is 0.231 e. The minimum atomic E-state index is 0.172. The predicted molar refractivity (Wildman–Crippen MR) is 73.5 cm³/mol. The van der Waals surface area contributed by atoms with E-state index < -0.39 is 0 Å². The van der Waals surface area contributed by atoms with E-state index in [1.165, 1.54) is 5.56 Å². The van der Waals surface area contributed by atoms with Crippen LogP contribution in [0.4, 0.5) is 5.69 Å². The molecule has 18 heavy (non-hydrogen) atoms. The summed E-state index contributed by atoms with van der Waals surface area (Å²) in [6.07, 6.45) is 0.524. The van der Waals surface area contributed by atoms with Crippen molar-refractivity contribution in [3.63, 3.8) is 0 Å². The molecule has 2 rings (SSSR count). The third-order valence-electron chi connectivity index (χ3n) is 3.75. The number of benzene rings is 1. The zero-order valence-corrected chi connectivity index (χ0v) is 11.3. The molecular weight excluding hydrogens is 226 g/mol. The van der Waals surface area contributed by atoms with E-state index in [0.717, 1.165) is 17.8 Å². The van der Waals surface area contributed by atoms with Crippen LogP contribution in [-0.2, 0) is 17.8 Å². The topological polar surface area (TPSA) is 49.6 Å². The second-order valence-corrected chi connectivity index (χ2v) is 5.09. The molecule has 1 heterocycles. The summed E-state index contributed by atoms with van der Waals surface area (Å²) >= 11 is 0. The van der Waals surface area contributed by atoms with Crippen molar-refractivity contribution in [1.82, 2.24) is 4.90 Å². The van der Waals surface area contributed by atoms with Crippen molar-refractivity contribution in [2.24, 2.45) is 5.73 Å². The maximum atomic E-state index is 11.6. The Hall–Kier alpha value is -1.39. The van der Waals surface area contributed by atoms with Crippen LogP contribution in [0.1, 0.15) is 18.1 Å². The quantitative estimate of drug-likeness (QED) is 0.863. The highest BCUT2D eigenvalue weighted by molar-refractivity contribution is 6.00. The molecule has 1 aliphatic rings. The first-order valence-corrected chi connectivity index (χ1v) is 6.31. The highest BCUT2D eigenvalue weighted by Crippen LogP contribution is 2.28. The number of amides is 1. The first-order chi connectivity index (χ1) is 8.52. The second-order valence-electron chi connectivity index (χ2n) is 5.09. The van der Waals surface area contributed by atoms with E-state index in [2.05, 4.69) is 31.0 Å². The summed E-state index contributed by atoms with van der Waals surface area (Å²) < 4.78 is 0. The smallest absolute Gasteiger partial charge is 0.231 e. The molecule has 1 unspecified atom stereocenters. The lowest BCUT2D eigenvalue weighted by Gasteiger charge is -2.23. The number of anilines is 1. The number of likely N-dealkylation sites (N-methyl/N-ethyl adjacent to an activating group) is 2. The number of nitrogens with zero attached hydrogens (tertiary/aromatic N) is 2. The van der Waals surface area contributed by atoms with Crippen LogP contribution in [0, 0.1) is 0 Å². The van der Waals surface area contributed by atoms with Crippen LogP contribution >= 0.6 is 0 Å². The van der Waals surface area contributed by atoms with Gasteiger partial charge in [0.1, 0.15) is 0 Å². The molecule has 0 fully saturated rings. The molecule has 1 aromatic rings. The van der Waals surface area contributed by atoms with Gasteiger partial charge < -0.3 is 10.6 Å². The summed E-state index contributed by atoms with van der Waals surface area (Å²) in [4.78, 5) is 15.6. The fourth-order valence-corrected chi connectivity index (χ4v) is 2.25. The Labute approximate surface area is 108 Å². The van der Waals surface area contributed by atoms with Gasteiger partial charge in [0.05, 0.1) is 6.42 Å². The number of hydrogen-bond acceptors (Lipinski definition) is 3. The van der Waals surface area contributed by atoms with Gasteiger partial charge in [-0.15, -0.1) is 0 Å². The van der Waals surface area contributed by atoms with Crippen LogP contribution in [0.2, 0.25) is 0 Å². The summed E-state index contributed by atoms with van der Waals surface area (Å²) in [5.41, 5.74) is 9.07. The van der Waals surface area contributed by atoms with E-state index in [4.69, 9.17) is 5.73 Å². The molecule has 1 atom stereocenters. The first-order valence-electron chi connectivity index (χ1n) is 6.31. The molecule has 1 aliphatic heterocycles. The van der Waals surface area contributed by atoms with Crippen molar-refractivity contribution >= 4 is 11.6 Å². The molecule has 0 saturated carbocycles. The minimum Gasteiger partial charge on any atom is -0.329 e. The molecule has 4 nitrogen and oxygen atoms in total. The SMILES string of the molecule is CC(CN)N(C)Cc1ccc2c(c1)CC(=O)N2C. The molecule has 0 bridgehead atoms. The van der Waals surface area contributed by atoms with Crippen molar-refractivity contribution in [1.29, 1.82) is 0 Å². The van der Waals surface area contributed by atoms with E-state index in [-0.39, 0.29) is 5.91 Å². The molecule has 1 aromatic carbocycles. The van der Waals surface area contributed by atoms with Crippen LogP contribution < -0.4 is 10.6 Å². The van der Waals surface area contributed by atoms with E-state index >= 15 is 0 Å². The molecule has 1 amide bonds. The van der Waals surface area contributed by atoms with Crippen molar-refractivity contribution < 1.29 is 4.79 Å². The van der Waals surface area contributed by atoms with Gasteiger partial charge in [-0.05, 0) is 31.2 Å². The highest BCUT2D eigenvalue weighted by Gasteiger charge is 2.23. The number of carbonyl (C=O) groups excluding carboxylic acids is 1. The molecule has 2 N–H and O–H groups in total. The first kappa shape index (κ1) is 13.1. The van der Waals surface area contributed by atoms with Crippen molar-refractivity contribution in [2.45, 2.75) is 25.9 Å². The summed E-state index contributed by atoms with van der Waals surface area (Å²) in [5.74, 6) is 0.172. The third kappa shape index (κ3) is 2.40. The van der Waals surface area contributed by atoms with Gasteiger partial charge in [-0.3, -0.25) is 9.69 Å². The fraction of sp³-hybridized carbons (Fsp3) is 0.500. The Morgan fingerprint density at radius 1 is 1.50 bits per heavy atom. The number of carbonyl (C=O) groups is 1. The Morgan fingerprint density at radius 3 is 2.89 bits per heavy atom. The lowest BCUT2D eigenvalue weighted by atomic mass is 10.1. The van der Waals surface area contributed by atoms with E-state index in [0.29, 0.717) is 19.0 Å². The molecule has 0 aromatic heterocycles. The molecular formula is C14H21N3O. The largest absolute Gasteiger partial charge is 0.329 e. The van der Waals surface area contributed by atoms with Gasteiger partial charge in [-0.2, -0.15) is 0 Å². The van der Waals surface area contributed by atoms with Crippen molar-refractivity contribution in [3.05, 3.63) is 29.3 Å². The molecule has 0 radical (unpaired) electrons. The van der Waals surface area contributed by atoms with Crippen LogP contribution in [0.5, 0.6) is 0 Å². The minimum absolute atomic E-state index is 0.172. The average molecular weight is 247 g/mol. The van der Waals surface area contributed by atoms with Gasteiger partial charge >= 0.3 is 0 Å². The number of fused-ring (bicyclic) bond motifs is 1. The van der Waals surface area contributed by atoms with Crippen LogP contribution in [0.15, 0.2) is 18.2 Å². The normalized spacial score (nSPS) is 16.3. The Kier molecular flexibility index (Phi) is 3.68. The number of hydrogen-bond donors (Lipinski definition) is 1. The summed E-state index contributed by atoms with van der Waals surface area (Å²) in [5, 5.41) is 0. The van der Waals surface area contributed by atoms with Gasteiger partial charge in [0, 0.05) is 31.9 Å². The monoisotopic (exact) mass is 247 g/mol. The average Bonchev–Trinajstić information content (AvgIpc) is 2.63. The summed E-state index contributed by atoms with van der Waals surface area (Å²) in [6, 6.07) is 6.63. The second kappa shape index (κ2) is 5.08. The molecule has 0 aliphatic carbocycles. The molecule has 98 valence electrons. The third-order valence-corrected chi connectivity index (χ3v) is 3.75. The summed E-state index contributed by atoms with van der Waals surface area (Å²) in [7, 11) is 3.90. The zero-order chi connectivity index (χ0) is 13.3. The Morgan fingerprint density at radius 2 is 2.22 bits per heavy atom. The number of rotatable bonds is 4. The standard InChI is InChI=1S/C14H21N3O/c1-10(8-15)16(2)9-11-4-5-13-12(6-11)7-14(18)17(13)3/h4-6,10H,7-9,15H2,1-3H3. The fourth-order valence-electron chi connectivity index (χ4n) is 2.25. The lowest BCUT2D eigenvalue weighted by molar-refractivity contribution is -0.117. The zero-order valence-electron chi connectivity index (χ0n) is 11.3. The van der Waals surface area contributed by atoms with Crippen molar-refractivity contribution in [2.75, 3.05) is 25.5 Å². The van der Waals surface area contributed by atoms with E-state index in [1.807, 2.05) is 13.1 Å². The highest BCUT2D eigenvalue weighted by atomic mass is 16.2. The Bertz CT molecular complexity index is 458.